The Balaban J connectivity index is 0.00000225. The van der Waals surface area contributed by atoms with E-state index in [9.17, 15) is 4.79 Å². The SMILES string of the molecule is COc1ccccc1CN(C(=O)CC1(CN)CCCCC1)C1CC1.Cl. The molecule has 0 aliphatic heterocycles. The summed E-state index contributed by atoms with van der Waals surface area (Å²) in [6.07, 6.45) is 8.75. The maximum absolute atomic E-state index is 13.1. The van der Waals surface area contributed by atoms with Gasteiger partial charge in [0.15, 0.2) is 0 Å². The second-order valence-electron chi connectivity index (χ2n) is 7.51. The number of rotatable bonds is 7. The van der Waals surface area contributed by atoms with Crippen LogP contribution in [0.2, 0.25) is 0 Å². The zero-order valence-electron chi connectivity index (χ0n) is 15.2. The highest BCUT2D eigenvalue weighted by Gasteiger charge is 2.38. The van der Waals surface area contributed by atoms with Gasteiger partial charge in [-0.25, -0.2) is 0 Å². The van der Waals surface area contributed by atoms with Crippen LogP contribution >= 0.6 is 12.4 Å². The third-order valence-electron chi connectivity index (χ3n) is 5.71. The molecule has 0 aromatic heterocycles. The molecule has 140 valence electrons. The van der Waals surface area contributed by atoms with Crippen molar-refractivity contribution in [1.29, 1.82) is 0 Å². The molecule has 2 saturated carbocycles. The predicted octanol–water partition coefficient (Wildman–Crippen LogP) is 3.91. The average Bonchev–Trinajstić information content (AvgIpc) is 3.45. The van der Waals surface area contributed by atoms with Gasteiger partial charge < -0.3 is 15.4 Å². The molecule has 5 heteroatoms. The fraction of sp³-hybridized carbons (Fsp3) is 0.650. The summed E-state index contributed by atoms with van der Waals surface area (Å²) in [4.78, 5) is 15.2. The minimum atomic E-state index is 0. The summed E-state index contributed by atoms with van der Waals surface area (Å²) in [6, 6.07) is 8.40. The highest BCUT2D eigenvalue weighted by Crippen LogP contribution is 2.40. The van der Waals surface area contributed by atoms with Gasteiger partial charge in [0.2, 0.25) is 5.91 Å². The van der Waals surface area contributed by atoms with E-state index in [0.717, 1.165) is 37.0 Å². The zero-order valence-corrected chi connectivity index (χ0v) is 16.0. The molecular weight excluding hydrogens is 336 g/mol. The molecule has 2 aliphatic carbocycles. The number of carbonyl (C=O) groups is 1. The first-order chi connectivity index (χ1) is 11.7. The summed E-state index contributed by atoms with van der Waals surface area (Å²) in [6.45, 7) is 1.28. The van der Waals surface area contributed by atoms with Crippen molar-refractivity contribution in [2.24, 2.45) is 11.1 Å². The van der Waals surface area contributed by atoms with Crippen LogP contribution in [0, 0.1) is 5.41 Å². The highest BCUT2D eigenvalue weighted by atomic mass is 35.5. The van der Waals surface area contributed by atoms with Crippen LogP contribution in [0.3, 0.4) is 0 Å². The van der Waals surface area contributed by atoms with Crippen molar-refractivity contribution in [3.63, 3.8) is 0 Å². The summed E-state index contributed by atoms with van der Waals surface area (Å²) in [5, 5.41) is 0. The van der Waals surface area contributed by atoms with Gasteiger partial charge in [0, 0.05) is 24.6 Å². The first kappa shape index (κ1) is 20.1. The molecule has 2 N–H and O–H groups in total. The number of amides is 1. The van der Waals surface area contributed by atoms with Crippen LogP contribution in [0.5, 0.6) is 5.75 Å². The number of halogens is 1. The number of para-hydroxylation sites is 1. The van der Waals surface area contributed by atoms with Crippen molar-refractivity contribution in [3.05, 3.63) is 29.8 Å². The fourth-order valence-corrected chi connectivity index (χ4v) is 4.00. The summed E-state index contributed by atoms with van der Waals surface area (Å²) in [5.41, 5.74) is 7.21. The largest absolute Gasteiger partial charge is 0.496 e. The number of ether oxygens (including phenoxy) is 1. The number of benzene rings is 1. The Bertz CT molecular complexity index is 569. The number of nitrogens with two attached hydrogens (primary N) is 1. The molecule has 0 spiro atoms. The molecule has 1 aromatic carbocycles. The Morgan fingerprint density at radius 3 is 2.52 bits per heavy atom. The van der Waals surface area contributed by atoms with Gasteiger partial charge in [0.1, 0.15) is 5.75 Å². The molecular formula is C20H31ClN2O2. The second-order valence-corrected chi connectivity index (χ2v) is 7.51. The zero-order chi connectivity index (χ0) is 17.0. The van der Waals surface area contributed by atoms with Crippen LogP contribution in [0.15, 0.2) is 24.3 Å². The Labute approximate surface area is 157 Å². The first-order valence-corrected chi connectivity index (χ1v) is 9.29. The quantitative estimate of drug-likeness (QED) is 0.796. The van der Waals surface area contributed by atoms with Crippen LogP contribution in [0.1, 0.15) is 56.9 Å². The minimum Gasteiger partial charge on any atom is -0.496 e. The molecule has 0 bridgehead atoms. The fourth-order valence-electron chi connectivity index (χ4n) is 4.00. The maximum Gasteiger partial charge on any atom is 0.223 e. The van der Waals surface area contributed by atoms with E-state index < -0.39 is 0 Å². The van der Waals surface area contributed by atoms with E-state index >= 15 is 0 Å². The van der Waals surface area contributed by atoms with Gasteiger partial charge in [0.25, 0.3) is 0 Å². The summed E-state index contributed by atoms with van der Waals surface area (Å²) >= 11 is 0. The van der Waals surface area contributed by atoms with Crippen molar-refractivity contribution >= 4 is 18.3 Å². The molecule has 0 radical (unpaired) electrons. The molecule has 3 rings (SSSR count). The maximum atomic E-state index is 13.1. The lowest BCUT2D eigenvalue weighted by Gasteiger charge is -2.37. The molecule has 4 nitrogen and oxygen atoms in total. The van der Waals surface area contributed by atoms with E-state index in [-0.39, 0.29) is 23.7 Å². The Morgan fingerprint density at radius 2 is 1.92 bits per heavy atom. The summed E-state index contributed by atoms with van der Waals surface area (Å²) in [5.74, 6) is 1.14. The van der Waals surface area contributed by atoms with Crippen LogP contribution in [-0.4, -0.2) is 30.5 Å². The van der Waals surface area contributed by atoms with E-state index in [1.165, 1.54) is 19.3 Å². The van der Waals surface area contributed by atoms with Crippen LogP contribution < -0.4 is 10.5 Å². The molecule has 1 amide bonds. The lowest BCUT2D eigenvalue weighted by atomic mass is 9.71. The van der Waals surface area contributed by atoms with Gasteiger partial charge in [0.05, 0.1) is 7.11 Å². The van der Waals surface area contributed by atoms with Crippen molar-refractivity contribution in [2.75, 3.05) is 13.7 Å². The number of hydrogen-bond acceptors (Lipinski definition) is 3. The first-order valence-electron chi connectivity index (χ1n) is 9.29. The predicted molar refractivity (Wildman–Crippen MR) is 103 cm³/mol. The summed E-state index contributed by atoms with van der Waals surface area (Å²) in [7, 11) is 1.69. The van der Waals surface area contributed by atoms with E-state index in [2.05, 4.69) is 11.0 Å². The van der Waals surface area contributed by atoms with E-state index in [1.54, 1.807) is 7.11 Å². The van der Waals surface area contributed by atoms with Gasteiger partial charge in [-0.05, 0) is 43.7 Å². The minimum absolute atomic E-state index is 0. The third kappa shape index (κ3) is 4.89. The molecule has 2 aliphatic rings. The van der Waals surface area contributed by atoms with Gasteiger partial charge in [-0.1, -0.05) is 37.5 Å². The van der Waals surface area contributed by atoms with E-state index in [1.807, 2.05) is 18.2 Å². The average molecular weight is 367 g/mol. The van der Waals surface area contributed by atoms with Gasteiger partial charge in [-0.3, -0.25) is 4.79 Å². The van der Waals surface area contributed by atoms with Crippen LogP contribution in [0.4, 0.5) is 0 Å². The van der Waals surface area contributed by atoms with Crippen molar-refractivity contribution in [1.82, 2.24) is 4.90 Å². The van der Waals surface area contributed by atoms with Crippen molar-refractivity contribution in [3.8, 4) is 5.75 Å². The van der Waals surface area contributed by atoms with E-state index in [4.69, 9.17) is 10.5 Å². The van der Waals surface area contributed by atoms with Crippen LogP contribution in [-0.2, 0) is 11.3 Å². The molecule has 1 aromatic rings. The number of hydrogen-bond donors (Lipinski definition) is 1. The lowest BCUT2D eigenvalue weighted by Crippen LogP contribution is -2.41. The molecule has 0 unspecified atom stereocenters. The van der Waals surface area contributed by atoms with E-state index in [0.29, 0.717) is 25.6 Å². The number of nitrogens with zero attached hydrogens (tertiary/aromatic N) is 1. The third-order valence-corrected chi connectivity index (χ3v) is 5.71. The van der Waals surface area contributed by atoms with Crippen LogP contribution in [0.25, 0.3) is 0 Å². The normalized spacial score (nSPS) is 19.0. The second kappa shape index (κ2) is 8.91. The van der Waals surface area contributed by atoms with Crippen molar-refractivity contribution < 1.29 is 9.53 Å². The standard InChI is InChI=1S/C20H30N2O2.ClH/c1-24-18-8-4-3-7-16(18)14-22(17-9-10-17)19(23)13-20(15-21)11-5-2-6-12-20;/h3-4,7-8,17H,2,5-6,9-15,21H2,1H3;1H. The smallest absolute Gasteiger partial charge is 0.223 e. The topological polar surface area (TPSA) is 55.6 Å². The van der Waals surface area contributed by atoms with Gasteiger partial charge >= 0.3 is 0 Å². The van der Waals surface area contributed by atoms with Crippen molar-refractivity contribution in [2.45, 2.75) is 64.0 Å². The molecule has 2 fully saturated rings. The number of methoxy groups -OCH3 is 1. The highest BCUT2D eigenvalue weighted by molar-refractivity contribution is 5.85. The molecule has 25 heavy (non-hydrogen) atoms. The Kier molecular flexibility index (Phi) is 7.14. The molecule has 0 heterocycles. The van der Waals surface area contributed by atoms with Gasteiger partial charge in [-0.15, -0.1) is 12.4 Å². The lowest BCUT2D eigenvalue weighted by molar-refractivity contribution is -0.135. The Hall–Kier alpha value is -1.26. The summed E-state index contributed by atoms with van der Waals surface area (Å²) < 4.78 is 5.46. The molecule has 0 atom stereocenters. The number of carbonyl (C=O) groups excluding carboxylic acids is 1. The van der Waals surface area contributed by atoms with Gasteiger partial charge in [-0.2, -0.15) is 0 Å². The molecule has 0 saturated heterocycles. The monoisotopic (exact) mass is 366 g/mol. The Morgan fingerprint density at radius 1 is 1.24 bits per heavy atom.